The minimum absolute atomic E-state index is 0.0222. The molecule has 0 radical (unpaired) electrons. The smallest absolute Gasteiger partial charge is 0.248 e. The van der Waals surface area contributed by atoms with Crippen LogP contribution in [0.5, 0.6) is 5.75 Å². The lowest BCUT2D eigenvalue weighted by Gasteiger charge is -2.40. The second-order valence-electron chi connectivity index (χ2n) is 13.3. The zero-order chi connectivity index (χ0) is 30.5. The first-order chi connectivity index (χ1) is 19.8. The van der Waals surface area contributed by atoms with Gasteiger partial charge in [-0.05, 0) is 72.8 Å². The summed E-state index contributed by atoms with van der Waals surface area (Å²) in [5.74, 6) is 0.637. The van der Waals surface area contributed by atoms with Crippen molar-refractivity contribution >= 4 is 19.2 Å². The third-order valence-corrected chi connectivity index (χ3v) is 12.8. The van der Waals surface area contributed by atoms with Crippen LogP contribution in [0.1, 0.15) is 63.0 Å². The summed E-state index contributed by atoms with van der Waals surface area (Å²) < 4.78 is 13.3. The van der Waals surface area contributed by atoms with Crippen LogP contribution >= 0.6 is 0 Å². The van der Waals surface area contributed by atoms with Crippen LogP contribution in [0.25, 0.3) is 10.9 Å². The number of benzene rings is 3. The van der Waals surface area contributed by atoms with Crippen LogP contribution in [0.4, 0.5) is 0 Å². The number of pyridine rings is 1. The molecule has 0 saturated heterocycles. The van der Waals surface area contributed by atoms with Crippen LogP contribution < -0.4 is 15.6 Å². The maximum Gasteiger partial charge on any atom is 0.248 e. The molecule has 1 aromatic heterocycles. The van der Waals surface area contributed by atoms with Gasteiger partial charge in [0.2, 0.25) is 5.56 Å². The van der Waals surface area contributed by atoms with Crippen molar-refractivity contribution in [1.82, 2.24) is 10.3 Å². The number of H-pyrrole nitrogens is 1. The van der Waals surface area contributed by atoms with Gasteiger partial charge in [-0.2, -0.15) is 0 Å². The Morgan fingerprint density at radius 2 is 1.57 bits per heavy atom. The lowest BCUT2D eigenvalue weighted by Crippen LogP contribution is -2.47. The number of nitrogens with one attached hydrogen (secondary N) is 2. The zero-order valence-electron chi connectivity index (χ0n) is 26.1. The summed E-state index contributed by atoms with van der Waals surface area (Å²) in [6.07, 6.45) is 0.555. The molecule has 0 amide bonds. The van der Waals surface area contributed by atoms with Crippen LogP contribution in [0.3, 0.4) is 0 Å². The second-order valence-corrected chi connectivity index (χ2v) is 18.1. The number of aromatic nitrogens is 1. The highest BCUT2D eigenvalue weighted by atomic mass is 28.4. The van der Waals surface area contributed by atoms with Crippen LogP contribution in [0.15, 0.2) is 83.7 Å². The van der Waals surface area contributed by atoms with Crippen molar-refractivity contribution in [3.8, 4) is 5.75 Å². The van der Waals surface area contributed by atoms with Crippen molar-refractivity contribution in [2.24, 2.45) is 0 Å². The molecule has 0 aliphatic carbocycles. The first-order valence-corrected chi connectivity index (χ1v) is 17.6. The van der Waals surface area contributed by atoms with Crippen molar-refractivity contribution < 1.29 is 14.3 Å². The summed E-state index contributed by atoms with van der Waals surface area (Å²) >= 11 is 0. The van der Waals surface area contributed by atoms with Crippen molar-refractivity contribution in [2.45, 2.75) is 84.0 Å². The lowest BCUT2D eigenvalue weighted by atomic mass is 9.93. The Bertz CT molecular complexity index is 1540. The van der Waals surface area contributed by atoms with Crippen LogP contribution in [0, 0.1) is 0 Å². The fourth-order valence-corrected chi connectivity index (χ4v) is 6.19. The molecule has 4 aromatic rings. The molecule has 6 nitrogen and oxygen atoms in total. The molecule has 0 spiro atoms. The van der Waals surface area contributed by atoms with E-state index in [1.165, 1.54) is 5.56 Å². The fourth-order valence-electron chi connectivity index (χ4n) is 4.91. The van der Waals surface area contributed by atoms with E-state index in [-0.39, 0.29) is 28.8 Å². The van der Waals surface area contributed by atoms with Gasteiger partial charge in [0.15, 0.2) is 8.32 Å². The summed E-state index contributed by atoms with van der Waals surface area (Å²) in [5.41, 5.74) is 4.44. The van der Waals surface area contributed by atoms with Gasteiger partial charge < -0.3 is 24.6 Å². The minimum Gasteiger partial charge on any atom is -0.487 e. The van der Waals surface area contributed by atoms with E-state index in [0.717, 1.165) is 28.5 Å². The monoisotopic (exact) mass is 586 g/mol. The predicted octanol–water partition coefficient (Wildman–Crippen LogP) is 7.27. The molecule has 1 heterocycles. The summed E-state index contributed by atoms with van der Waals surface area (Å²) in [6, 6.07) is 25.6. The molecule has 3 aromatic carbocycles. The lowest BCUT2D eigenvalue weighted by molar-refractivity contribution is 0.168. The van der Waals surface area contributed by atoms with Crippen molar-refractivity contribution in [1.29, 1.82) is 0 Å². The molecule has 0 aliphatic rings. The Balaban J connectivity index is 1.67. The molecule has 42 heavy (non-hydrogen) atoms. The molecule has 0 saturated carbocycles. The highest BCUT2D eigenvalue weighted by molar-refractivity contribution is 6.74. The highest BCUT2D eigenvalue weighted by Gasteiger charge is 2.40. The van der Waals surface area contributed by atoms with Gasteiger partial charge in [-0.15, -0.1) is 0 Å². The maximum absolute atomic E-state index is 12.5. The van der Waals surface area contributed by atoms with Gasteiger partial charge in [-0.3, -0.25) is 4.79 Å². The number of fused-ring (bicyclic) bond motifs is 1. The summed E-state index contributed by atoms with van der Waals surface area (Å²) in [7, 11) is -2.18. The Labute approximate surface area is 251 Å². The summed E-state index contributed by atoms with van der Waals surface area (Å²) in [5, 5.41) is 14.3. The van der Waals surface area contributed by atoms with E-state index >= 15 is 0 Å². The molecule has 4 rings (SSSR count). The van der Waals surface area contributed by atoms with E-state index in [4.69, 9.17) is 9.16 Å². The molecule has 224 valence electrons. The first-order valence-electron chi connectivity index (χ1n) is 14.7. The Morgan fingerprint density at radius 1 is 0.881 bits per heavy atom. The van der Waals surface area contributed by atoms with E-state index in [9.17, 15) is 9.90 Å². The molecule has 7 heteroatoms. The third-order valence-electron chi connectivity index (χ3n) is 8.30. The highest BCUT2D eigenvalue weighted by Crippen LogP contribution is 2.41. The van der Waals surface area contributed by atoms with Gasteiger partial charge in [0.25, 0.3) is 0 Å². The fraction of sp³-hybridized carbons (Fsp3) is 0.400. The van der Waals surface area contributed by atoms with Crippen molar-refractivity contribution in [3.05, 3.63) is 111 Å². The van der Waals surface area contributed by atoms with Gasteiger partial charge in [-0.25, -0.2) is 0 Å². The maximum atomic E-state index is 12.5. The molecule has 1 atom stereocenters. The molecular formula is C35H46N2O4Si. The largest absolute Gasteiger partial charge is 0.487 e. The van der Waals surface area contributed by atoms with E-state index in [2.05, 4.69) is 76.2 Å². The summed E-state index contributed by atoms with van der Waals surface area (Å²) in [4.78, 5) is 15.5. The molecule has 0 fully saturated rings. The van der Waals surface area contributed by atoms with E-state index < -0.39 is 8.32 Å². The first kappa shape index (κ1) is 31.7. The average molecular weight is 587 g/mol. The van der Waals surface area contributed by atoms with Crippen molar-refractivity contribution in [3.63, 3.8) is 0 Å². The van der Waals surface area contributed by atoms with Gasteiger partial charge in [0.05, 0.1) is 18.2 Å². The zero-order valence-corrected chi connectivity index (χ0v) is 27.1. The van der Waals surface area contributed by atoms with Crippen LogP contribution in [0.2, 0.25) is 18.1 Å². The third kappa shape index (κ3) is 7.98. The number of hydrogen-bond donors (Lipinski definition) is 3. The Kier molecular flexibility index (Phi) is 9.78. The van der Waals surface area contributed by atoms with Gasteiger partial charge >= 0.3 is 0 Å². The second kappa shape index (κ2) is 13.0. The summed E-state index contributed by atoms with van der Waals surface area (Å²) in [6.45, 7) is 16.7. The van der Waals surface area contributed by atoms with E-state index in [1.807, 2.05) is 54.6 Å². The van der Waals surface area contributed by atoms with Gasteiger partial charge in [0.1, 0.15) is 12.4 Å². The number of rotatable bonds is 12. The van der Waals surface area contributed by atoms with E-state index in [1.54, 1.807) is 6.07 Å². The SMILES string of the molecule is CC(C)(Cc1cccc(CO)c1)NCC(O[Si](C)(C)C(C)(C)C)c1ccc(OCc2ccccc2)c2[nH]c(=O)ccc12. The predicted molar refractivity (Wildman–Crippen MR) is 175 cm³/mol. The molecular weight excluding hydrogens is 540 g/mol. The standard InChI is InChI=1S/C35H46N2O4Si/c1-34(2,3)42(6,7)41-31(22-36-35(4,5)21-26-14-11-15-27(20-26)23-38)28-16-18-30(33-29(28)17-19-32(39)37-33)40-24-25-12-9-8-10-13-25/h8-20,31,36,38H,21-24H2,1-7H3,(H,37,39). The average Bonchev–Trinajstić information content (AvgIpc) is 2.93. The van der Waals surface area contributed by atoms with E-state index in [0.29, 0.717) is 24.4 Å². The Hall–Kier alpha value is -3.23. The molecule has 3 N–H and O–H groups in total. The Morgan fingerprint density at radius 3 is 2.26 bits per heavy atom. The number of ether oxygens (including phenoxy) is 1. The van der Waals surface area contributed by atoms with Crippen LogP contribution in [-0.2, 0) is 24.1 Å². The number of aliphatic hydroxyl groups excluding tert-OH is 1. The number of hydrogen-bond acceptors (Lipinski definition) is 5. The minimum atomic E-state index is -2.18. The molecule has 0 aliphatic heterocycles. The van der Waals surface area contributed by atoms with Gasteiger partial charge in [-0.1, -0.05) is 81.4 Å². The normalized spacial score (nSPS) is 13.3. The van der Waals surface area contributed by atoms with Crippen LogP contribution in [-0.4, -0.2) is 30.5 Å². The molecule has 1 unspecified atom stereocenters. The quantitative estimate of drug-likeness (QED) is 0.152. The topological polar surface area (TPSA) is 83.6 Å². The van der Waals surface area contributed by atoms with Crippen molar-refractivity contribution in [2.75, 3.05) is 6.54 Å². The number of aromatic amines is 1. The number of aliphatic hydroxyl groups is 1. The molecule has 0 bridgehead atoms. The van der Waals surface area contributed by atoms with Gasteiger partial charge in [0, 0.05) is 23.5 Å².